The summed E-state index contributed by atoms with van der Waals surface area (Å²) in [5.74, 6) is 1.18. The van der Waals surface area contributed by atoms with Gasteiger partial charge in [-0.3, -0.25) is 0 Å². The molecular weight excluding hydrogens is 329 g/mol. The normalized spacial score (nSPS) is 11.0. The molecule has 0 saturated heterocycles. The number of nitrogens with one attached hydrogen (secondary N) is 1. The Hall–Kier alpha value is -3.28. The molecule has 5 nitrogen and oxygen atoms in total. The molecule has 6 heteroatoms. The van der Waals surface area contributed by atoms with Gasteiger partial charge >= 0.3 is 0 Å². The Kier molecular flexibility index (Phi) is 4.31. The van der Waals surface area contributed by atoms with E-state index in [0.717, 1.165) is 29.1 Å². The van der Waals surface area contributed by atoms with E-state index < -0.39 is 0 Å². The van der Waals surface area contributed by atoms with Crippen molar-refractivity contribution in [2.24, 2.45) is 0 Å². The lowest BCUT2D eigenvalue weighted by atomic mass is 10.0. The van der Waals surface area contributed by atoms with E-state index >= 15 is 0 Å². The average Bonchev–Trinajstić information content (AvgIpc) is 3.12. The minimum Gasteiger partial charge on any atom is -0.366 e. The van der Waals surface area contributed by atoms with Crippen molar-refractivity contribution in [2.75, 3.05) is 5.32 Å². The first-order valence-corrected chi connectivity index (χ1v) is 8.42. The Morgan fingerprint density at radius 1 is 1.00 bits per heavy atom. The van der Waals surface area contributed by atoms with Crippen LogP contribution >= 0.6 is 0 Å². The van der Waals surface area contributed by atoms with Gasteiger partial charge in [0, 0.05) is 24.2 Å². The fourth-order valence-corrected chi connectivity index (χ4v) is 2.97. The van der Waals surface area contributed by atoms with Gasteiger partial charge < -0.3 is 5.32 Å². The van der Waals surface area contributed by atoms with Crippen molar-refractivity contribution >= 4 is 11.6 Å². The van der Waals surface area contributed by atoms with E-state index in [2.05, 4.69) is 32.5 Å². The highest BCUT2D eigenvalue weighted by Crippen LogP contribution is 2.23. The SMILES string of the molecule is Cc1nc2ncnn2c(NCc2ccc(F)cc2)c1Cc1ccccc1. The summed E-state index contributed by atoms with van der Waals surface area (Å²) in [6.07, 6.45) is 2.23. The number of rotatable bonds is 5. The van der Waals surface area contributed by atoms with Crippen LogP contribution in [-0.4, -0.2) is 19.6 Å². The Bertz CT molecular complexity index is 1030. The summed E-state index contributed by atoms with van der Waals surface area (Å²) < 4.78 is 14.8. The second-order valence-corrected chi connectivity index (χ2v) is 6.14. The lowest BCUT2D eigenvalue weighted by molar-refractivity contribution is 0.627. The lowest BCUT2D eigenvalue weighted by Crippen LogP contribution is -2.12. The molecule has 0 aliphatic rings. The van der Waals surface area contributed by atoms with E-state index in [0.29, 0.717) is 12.3 Å². The van der Waals surface area contributed by atoms with Crippen molar-refractivity contribution in [3.05, 3.63) is 89.1 Å². The molecule has 4 aromatic rings. The van der Waals surface area contributed by atoms with Gasteiger partial charge in [-0.1, -0.05) is 42.5 Å². The molecule has 2 aromatic carbocycles. The predicted octanol–water partition coefficient (Wildman–Crippen LogP) is 3.77. The first kappa shape index (κ1) is 16.2. The van der Waals surface area contributed by atoms with Crippen LogP contribution in [0.25, 0.3) is 5.78 Å². The van der Waals surface area contributed by atoms with Gasteiger partial charge in [0.05, 0.1) is 0 Å². The van der Waals surface area contributed by atoms with E-state index in [-0.39, 0.29) is 5.82 Å². The third-order valence-electron chi connectivity index (χ3n) is 4.33. The zero-order valence-electron chi connectivity index (χ0n) is 14.4. The highest BCUT2D eigenvalue weighted by Gasteiger charge is 2.15. The Morgan fingerprint density at radius 3 is 2.54 bits per heavy atom. The van der Waals surface area contributed by atoms with Crippen molar-refractivity contribution in [1.82, 2.24) is 19.6 Å². The molecule has 130 valence electrons. The summed E-state index contributed by atoms with van der Waals surface area (Å²) in [6.45, 7) is 2.54. The molecule has 2 aromatic heterocycles. The number of aromatic nitrogens is 4. The minimum atomic E-state index is -0.239. The van der Waals surface area contributed by atoms with Crippen molar-refractivity contribution in [3.8, 4) is 0 Å². The van der Waals surface area contributed by atoms with Gasteiger partial charge in [0.15, 0.2) is 0 Å². The molecule has 0 aliphatic carbocycles. The number of fused-ring (bicyclic) bond motifs is 1. The second kappa shape index (κ2) is 6.92. The van der Waals surface area contributed by atoms with Crippen LogP contribution in [0, 0.1) is 12.7 Å². The molecule has 0 saturated carbocycles. The summed E-state index contributed by atoms with van der Waals surface area (Å²) in [6, 6.07) is 16.7. The van der Waals surface area contributed by atoms with E-state index in [9.17, 15) is 4.39 Å². The van der Waals surface area contributed by atoms with Gasteiger partial charge in [0.2, 0.25) is 0 Å². The largest absolute Gasteiger partial charge is 0.366 e. The Labute approximate surface area is 150 Å². The average molecular weight is 347 g/mol. The maximum absolute atomic E-state index is 13.1. The van der Waals surface area contributed by atoms with Gasteiger partial charge in [0.1, 0.15) is 18.0 Å². The molecule has 0 radical (unpaired) electrons. The van der Waals surface area contributed by atoms with Crippen LogP contribution in [0.1, 0.15) is 22.4 Å². The van der Waals surface area contributed by atoms with Crippen LogP contribution in [0.2, 0.25) is 0 Å². The Morgan fingerprint density at radius 2 is 1.77 bits per heavy atom. The first-order valence-electron chi connectivity index (χ1n) is 8.42. The zero-order valence-corrected chi connectivity index (χ0v) is 14.4. The molecule has 0 aliphatic heterocycles. The monoisotopic (exact) mass is 347 g/mol. The maximum atomic E-state index is 13.1. The molecule has 0 atom stereocenters. The molecule has 0 amide bonds. The van der Waals surface area contributed by atoms with Gasteiger partial charge in [0.25, 0.3) is 5.78 Å². The highest BCUT2D eigenvalue weighted by atomic mass is 19.1. The fourth-order valence-electron chi connectivity index (χ4n) is 2.97. The molecule has 0 fully saturated rings. The topological polar surface area (TPSA) is 55.1 Å². The number of hydrogen-bond acceptors (Lipinski definition) is 4. The van der Waals surface area contributed by atoms with Crippen molar-refractivity contribution in [2.45, 2.75) is 19.9 Å². The number of benzene rings is 2. The molecular formula is C20H18FN5. The number of aryl methyl sites for hydroxylation is 1. The maximum Gasteiger partial charge on any atom is 0.254 e. The summed E-state index contributed by atoms with van der Waals surface area (Å²) in [4.78, 5) is 8.76. The summed E-state index contributed by atoms with van der Waals surface area (Å²) in [7, 11) is 0. The van der Waals surface area contributed by atoms with Crippen LogP contribution in [0.3, 0.4) is 0 Å². The van der Waals surface area contributed by atoms with Gasteiger partial charge in [-0.15, -0.1) is 0 Å². The smallest absolute Gasteiger partial charge is 0.254 e. The van der Waals surface area contributed by atoms with Crippen molar-refractivity contribution in [1.29, 1.82) is 0 Å². The number of halogens is 1. The first-order chi connectivity index (χ1) is 12.7. The lowest BCUT2D eigenvalue weighted by Gasteiger charge is -2.15. The van der Waals surface area contributed by atoms with Gasteiger partial charge in [-0.25, -0.2) is 9.37 Å². The van der Waals surface area contributed by atoms with Crippen LogP contribution in [0.4, 0.5) is 10.2 Å². The van der Waals surface area contributed by atoms with Crippen LogP contribution in [0.5, 0.6) is 0 Å². The molecule has 1 N–H and O–H groups in total. The van der Waals surface area contributed by atoms with Gasteiger partial charge in [-0.05, 0) is 30.2 Å². The second-order valence-electron chi connectivity index (χ2n) is 6.14. The molecule has 0 bridgehead atoms. The number of nitrogens with zero attached hydrogens (tertiary/aromatic N) is 4. The molecule has 2 heterocycles. The predicted molar refractivity (Wildman–Crippen MR) is 98.5 cm³/mol. The van der Waals surface area contributed by atoms with Crippen molar-refractivity contribution in [3.63, 3.8) is 0 Å². The van der Waals surface area contributed by atoms with Crippen LogP contribution < -0.4 is 5.32 Å². The van der Waals surface area contributed by atoms with E-state index in [1.807, 2.05) is 25.1 Å². The highest BCUT2D eigenvalue weighted by molar-refractivity contribution is 5.54. The standard InChI is InChI=1S/C20H18FN5/c1-14-18(11-15-5-3-2-4-6-15)19(26-20(25-14)23-13-24-26)22-12-16-7-9-17(21)10-8-16/h2-10,13,22H,11-12H2,1H3. The summed E-state index contributed by atoms with van der Waals surface area (Å²) in [5, 5.41) is 7.75. The molecule has 26 heavy (non-hydrogen) atoms. The van der Waals surface area contributed by atoms with Crippen molar-refractivity contribution < 1.29 is 4.39 Å². The number of hydrogen-bond donors (Lipinski definition) is 1. The minimum absolute atomic E-state index is 0.239. The van der Waals surface area contributed by atoms with Gasteiger partial charge in [-0.2, -0.15) is 14.6 Å². The zero-order chi connectivity index (χ0) is 17.9. The Balaban J connectivity index is 1.71. The summed E-state index contributed by atoms with van der Waals surface area (Å²) in [5.41, 5.74) is 4.16. The quantitative estimate of drug-likeness (QED) is 0.597. The van der Waals surface area contributed by atoms with E-state index in [4.69, 9.17) is 0 Å². The van der Waals surface area contributed by atoms with Crippen LogP contribution in [-0.2, 0) is 13.0 Å². The third-order valence-corrected chi connectivity index (χ3v) is 4.33. The van der Waals surface area contributed by atoms with Crippen LogP contribution in [0.15, 0.2) is 60.9 Å². The van der Waals surface area contributed by atoms with E-state index in [1.54, 1.807) is 16.6 Å². The van der Waals surface area contributed by atoms with E-state index in [1.165, 1.54) is 24.0 Å². The summed E-state index contributed by atoms with van der Waals surface area (Å²) >= 11 is 0. The fraction of sp³-hybridized carbons (Fsp3) is 0.150. The molecule has 0 unspecified atom stereocenters. The number of anilines is 1. The molecule has 0 spiro atoms. The third kappa shape index (κ3) is 3.26. The molecule has 4 rings (SSSR count).